The van der Waals surface area contributed by atoms with Crippen molar-refractivity contribution in [1.82, 2.24) is 4.90 Å². The first-order valence-corrected chi connectivity index (χ1v) is 7.85. The monoisotopic (exact) mass is 274 g/mol. The van der Waals surface area contributed by atoms with Gasteiger partial charge < -0.3 is 10.5 Å². The predicted molar refractivity (Wildman–Crippen MR) is 81.8 cm³/mol. The fourth-order valence-electron chi connectivity index (χ4n) is 3.87. The van der Waals surface area contributed by atoms with E-state index in [0.29, 0.717) is 24.1 Å². The van der Waals surface area contributed by atoms with Crippen molar-refractivity contribution in [2.24, 2.45) is 5.73 Å². The lowest BCUT2D eigenvalue weighted by atomic mass is 9.78. The average molecular weight is 274 g/mol. The Kier molecular flexibility index (Phi) is 4.39. The minimum atomic E-state index is 0.325. The predicted octanol–water partition coefficient (Wildman–Crippen LogP) is 2.37. The third kappa shape index (κ3) is 2.90. The minimum absolute atomic E-state index is 0.325. The molecule has 2 N–H and O–H groups in total. The van der Waals surface area contributed by atoms with Gasteiger partial charge >= 0.3 is 0 Å². The number of nitrogens with zero attached hydrogens (tertiary/aromatic N) is 1. The topological polar surface area (TPSA) is 38.5 Å². The summed E-state index contributed by atoms with van der Waals surface area (Å²) in [4.78, 5) is 2.56. The lowest BCUT2D eigenvalue weighted by Crippen LogP contribution is -2.50. The average Bonchev–Trinajstić information content (AvgIpc) is 2.97. The first-order valence-electron chi connectivity index (χ1n) is 7.85. The number of methoxy groups -OCH3 is 1. The summed E-state index contributed by atoms with van der Waals surface area (Å²) in [6.45, 7) is 2.19. The number of benzene rings is 1. The van der Waals surface area contributed by atoms with Crippen LogP contribution in [0.15, 0.2) is 30.3 Å². The smallest absolute Gasteiger partial charge is 0.0710 e. The fourth-order valence-corrected chi connectivity index (χ4v) is 3.87. The van der Waals surface area contributed by atoms with E-state index < -0.39 is 0 Å². The van der Waals surface area contributed by atoms with E-state index in [0.717, 1.165) is 25.9 Å². The molecule has 1 heterocycles. The van der Waals surface area contributed by atoms with Gasteiger partial charge in [-0.25, -0.2) is 0 Å². The van der Waals surface area contributed by atoms with Crippen LogP contribution in [0.1, 0.15) is 37.2 Å². The van der Waals surface area contributed by atoms with Crippen LogP contribution in [0.25, 0.3) is 0 Å². The zero-order valence-electron chi connectivity index (χ0n) is 12.4. The number of ether oxygens (including phenoxy) is 1. The molecule has 3 heteroatoms. The SMILES string of the molecule is COC1CCN(C2CC(c3ccccc3)CCC2N)C1. The molecule has 4 unspecified atom stereocenters. The molecule has 2 fully saturated rings. The van der Waals surface area contributed by atoms with E-state index in [1.165, 1.54) is 18.4 Å². The Morgan fingerprint density at radius 1 is 1.15 bits per heavy atom. The van der Waals surface area contributed by atoms with Crippen LogP contribution in [0.4, 0.5) is 0 Å². The van der Waals surface area contributed by atoms with E-state index in [4.69, 9.17) is 10.5 Å². The molecule has 1 aliphatic carbocycles. The van der Waals surface area contributed by atoms with Gasteiger partial charge in [0.2, 0.25) is 0 Å². The number of rotatable bonds is 3. The molecule has 0 amide bonds. The van der Waals surface area contributed by atoms with Gasteiger partial charge in [-0.3, -0.25) is 4.90 Å². The number of hydrogen-bond donors (Lipinski definition) is 1. The van der Waals surface area contributed by atoms with E-state index in [1.807, 2.05) is 7.11 Å². The highest BCUT2D eigenvalue weighted by molar-refractivity contribution is 5.21. The lowest BCUT2D eigenvalue weighted by molar-refractivity contribution is 0.0889. The van der Waals surface area contributed by atoms with Gasteiger partial charge in [-0.15, -0.1) is 0 Å². The third-order valence-electron chi connectivity index (χ3n) is 5.12. The molecular weight excluding hydrogens is 248 g/mol. The van der Waals surface area contributed by atoms with Crippen LogP contribution >= 0.6 is 0 Å². The molecule has 1 aliphatic heterocycles. The van der Waals surface area contributed by atoms with Crippen molar-refractivity contribution in [3.05, 3.63) is 35.9 Å². The molecule has 1 saturated heterocycles. The molecule has 0 aromatic heterocycles. The summed E-state index contributed by atoms with van der Waals surface area (Å²) in [6, 6.07) is 11.8. The Morgan fingerprint density at radius 2 is 1.95 bits per heavy atom. The first-order chi connectivity index (χ1) is 9.78. The van der Waals surface area contributed by atoms with Crippen molar-refractivity contribution in [3.63, 3.8) is 0 Å². The summed E-state index contributed by atoms with van der Waals surface area (Å²) < 4.78 is 5.50. The summed E-state index contributed by atoms with van der Waals surface area (Å²) in [5.74, 6) is 0.669. The lowest BCUT2D eigenvalue weighted by Gasteiger charge is -2.39. The molecule has 0 bridgehead atoms. The molecule has 2 aliphatic rings. The molecule has 20 heavy (non-hydrogen) atoms. The van der Waals surface area contributed by atoms with Gasteiger partial charge in [0.25, 0.3) is 0 Å². The van der Waals surface area contributed by atoms with Gasteiger partial charge in [0, 0.05) is 32.3 Å². The number of nitrogens with two attached hydrogens (primary N) is 1. The van der Waals surface area contributed by atoms with Crippen molar-refractivity contribution in [1.29, 1.82) is 0 Å². The Labute approximate surface area is 122 Å². The Bertz CT molecular complexity index is 422. The van der Waals surface area contributed by atoms with Crippen molar-refractivity contribution >= 4 is 0 Å². The highest BCUT2D eigenvalue weighted by Crippen LogP contribution is 2.35. The van der Waals surface area contributed by atoms with Gasteiger partial charge in [0.15, 0.2) is 0 Å². The van der Waals surface area contributed by atoms with E-state index in [1.54, 1.807) is 0 Å². The molecule has 1 saturated carbocycles. The molecule has 0 spiro atoms. The zero-order valence-corrected chi connectivity index (χ0v) is 12.4. The van der Waals surface area contributed by atoms with E-state index in [-0.39, 0.29) is 0 Å². The number of hydrogen-bond acceptors (Lipinski definition) is 3. The molecular formula is C17H26N2O. The van der Waals surface area contributed by atoms with Crippen molar-refractivity contribution in [3.8, 4) is 0 Å². The molecule has 4 atom stereocenters. The van der Waals surface area contributed by atoms with Gasteiger partial charge in [0.1, 0.15) is 0 Å². The molecule has 1 aromatic rings. The normalized spacial score (nSPS) is 35.3. The second-order valence-electron chi connectivity index (χ2n) is 6.29. The Hall–Kier alpha value is -0.900. The van der Waals surface area contributed by atoms with Gasteiger partial charge in [0.05, 0.1) is 6.10 Å². The van der Waals surface area contributed by atoms with Crippen LogP contribution in [-0.2, 0) is 4.74 Å². The number of likely N-dealkylation sites (tertiary alicyclic amines) is 1. The van der Waals surface area contributed by atoms with Gasteiger partial charge in [-0.2, -0.15) is 0 Å². The second-order valence-corrected chi connectivity index (χ2v) is 6.29. The van der Waals surface area contributed by atoms with Crippen molar-refractivity contribution in [2.75, 3.05) is 20.2 Å². The summed E-state index contributed by atoms with van der Waals surface area (Å²) in [7, 11) is 1.82. The summed E-state index contributed by atoms with van der Waals surface area (Å²) in [5.41, 5.74) is 7.88. The second kappa shape index (κ2) is 6.25. The summed E-state index contributed by atoms with van der Waals surface area (Å²) in [5, 5.41) is 0. The Balaban J connectivity index is 1.68. The van der Waals surface area contributed by atoms with Crippen LogP contribution < -0.4 is 5.73 Å². The van der Waals surface area contributed by atoms with Crippen molar-refractivity contribution < 1.29 is 4.74 Å². The maximum absolute atomic E-state index is 6.40. The van der Waals surface area contributed by atoms with Gasteiger partial charge in [-0.05, 0) is 37.2 Å². The van der Waals surface area contributed by atoms with Crippen LogP contribution in [-0.4, -0.2) is 43.3 Å². The standard InChI is InChI=1S/C17H26N2O/c1-20-15-9-10-19(12-15)17-11-14(7-8-16(17)18)13-5-3-2-4-6-13/h2-6,14-17H,7-12,18H2,1H3. The highest BCUT2D eigenvalue weighted by Gasteiger charge is 2.36. The largest absolute Gasteiger partial charge is 0.380 e. The van der Waals surface area contributed by atoms with Crippen LogP contribution in [0, 0.1) is 0 Å². The minimum Gasteiger partial charge on any atom is -0.380 e. The third-order valence-corrected chi connectivity index (χ3v) is 5.12. The first kappa shape index (κ1) is 14.1. The Morgan fingerprint density at radius 3 is 2.65 bits per heavy atom. The molecule has 1 aromatic carbocycles. The molecule has 0 radical (unpaired) electrons. The molecule has 3 rings (SSSR count). The zero-order chi connectivity index (χ0) is 13.9. The van der Waals surface area contributed by atoms with E-state index in [2.05, 4.69) is 35.2 Å². The highest BCUT2D eigenvalue weighted by atomic mass is 16.5. The maximum Gasteiger partial charge on any atom is 0.0710 e. The van der Waals surface area contributed by atoms with Crippen LogP contribution in [0.2, 0.25) is 0 Å². The summed E-state index contributed by atoms with van der Waals surface area (Å²) >= 11 is 0. The molecule has 110 valence electrons. The molecule has 3 nitrogen and oxygen atoms in total. The fraction of sp³-hybridized carbons (Fsp3) is 0.647. The summed E-state index contributed by atoms with van der Waals surface area (Å²) in [6.07, 6.45) is 5.11. The maximum atomic E-state index is 6.40. The van der Waals surface area contributed by atoms with Crippen LogP contribution in [0.5, 0.6) is 0 Å². The van der Waals surface area contributed by atoms with Crippen LogP contribution in [0.3, 0.4) is 0 Å². The van der Waals surface area contributed by atoms with Gasteiger partial charge in [-0.1, -0.05) is 30.3 Å². The quantitative estimate of drug-likeness (QED) is 0.919. The van der Waals surface area contributed by atoms with E-state index in [9.17, 15) is 0 Å². The van der Waals surface area contributed by atoms with Crippen molar-refractivity contribution in [2.45, 2.75) is 49.8 Å². The van der Waals surface area contributed by atoms with E-state index >= 15 is 0 Å².